The van der Waals surface area contributed by atoms with E-state index in [0.717, 1.165) is 0 Å². The van der Waals surface area contributed by atoms with Crippen molar-refractivity contribution in [2.75, 3.05) is 6.54 Å². The summed E-state index contributed by atoms with van der Waals surface area (Å²) in [6.07, 6.45) is 1.46. The molecule has 0 heterocycles. The Kier molecular flexibility index (Phi) is 3.82. The summed E-state index contributed by atoms with van der Waals surface area (Å²) in [5.41, 5.74) is 0.931. The van der Waals surface area contributed by atoms with Gasteiger partial charge in [-0.15, -0.1) is 6.58 Å². The van der Waals surface area contributed by atoms with E-state index >= 15 is 0 Å². The second kappa shape index (κ2) is 4.92. The Labute approximate surface area is 95.3 Å². The number of hydrogen-bond acceptors (Lipinski definition) is 3. The number of sulfonamides is 1. The molecular formula is C11H12N2O2S. The van der Waals surface area contributed by atoms with Gasteiger partial charge in [0.2, 0.25) is 10.0 Å². The van der Waals surface area contributed by atoms with Crippen molar-refractivity contribution in [1.82, 2.24) is 4.72 Å². The molecular weight excluding hydrogens is 224 g/mol. The molecule has 84 valence electrons. The fraction of sp³-hybridized carbons (Fsp3) is 0.182. The number of benzene rings is 1. The Morgan fingerprint density at radius 3 is 2.81 bits per heavy atom. The van der Waals surface area contributed by atoms with Crippen LogP contribution in [-0.4, -0.2) is 15.0 Å². The zero-order chi connectivity index (χ0) is 12.2. The lowest BCUT2D eigenvalue weighted by molar-refractivity contribution is 0.585. The predicted octanol–water partition coefficient (Wildman–Crippen LogP) is 1.33. The van der Waals surface area contributed by atoms with E-state index in [1.807, 2.05) is 6.07 Å². The predicted molar refractivity (Wildman–Crippen MR) is 61.3 cm³/mol. The van der Waals surface area contributed by atoms with Gasteiger partial charge in [-0.1, -0.05) is 12.1 Å². The lowest BCUT2D eigenvalue weighted by Crippen LogP contribution is -2.24. The van der Waals surface area contributed by atoms with Crippen LogP contribution >= 0.6 is 0 Å². The quantitative estimate of drug-likeness (QED) is 0.802. The summed E-state index contributed by atoms with van der Waals surface area (Å²) >= 11 is 0. The van der Waals surface area contributed by atoms with E-state index < -0.39 is 10.0 Å². The standard InChI is InChI=1S/C11H12N2O2S/c1-3-6-13-16(14,15)11-7-10(8-12)5-4-9(11)2/h3-5,7,13H,1,6H2,2H3. The van der Waals surface area contributed by atoms with Gasteiger partial charge in [0.1, 0.15) is 0 Å². The van der Waals surface area contributed by atoms with Gasteiger partial charge in [0.05, 0.1) is 16.5 Å². The van der Waals surface area contributed by atoms with Gasteiger partial charge < -0.3 is 0 Å². The molecule has 0 fully saturated rings. The van der Waals surface area contributed by atoms with Crippen LogP contribution in [0.4, 0.5) is 0 Å². The minimum absolute atomic E-state index is 0.133. The molecule has 1 aromatic rings. The van der Waals surface area contributed by atoms with Crippen LogP contribution in [0.2, 0.25) is 0 Å². The third kappa shape index (κ3) is 2.69. The topological polar surface area (TPSA) is 70.0 Å². The molecule has 0 aliphatic rings. The van der Waals surface area contributed by atoms with Gasteiger partial charge >= 0.3 is 0 Å². The highest BCUT2D eigenvalue weighted by atomic mass is 32.2. The number of nitriles is 1. The molecule has 0 bridgehead atoms. The summed E-state index contributed by atoms with van der Waals surface area (Å²) in [5.74, 6) is 0. The molecule has 1 aromatic carbocycles. The van der Waals surface area contributed by atoms with Crippen LogP contribution in [-0.2, 0) is 10.0 Å². The molecule has 0 unspecified atom stereocenters. The van der Waals surface area contributed by atoms with Crippen LogP contribution < -0.4 is 4.72 Å². The average Bonchev–Trinajstić information content (AvgIpc) is 2.27. The largest absolute Gasteiger partial charge is 0.241 e. The molecule has 1 rings (SSSR count). The zero-order valence-electron chi connectivity index (χ0n) is 8.90. The van der Waals surface area contributed by atoms with Gasteiger partial charge in [-0.3, -0.25) is 0 Å². The van der Waals surface area contributed by atoms with Crippen molar-refractivity contribution in [3.63, 3.8) is 0 Å². The van der Waals surface area contributed by atoms with Crippen LogP contribution in [0.25, 0.3) is 0 Å². The molecule has 0 aliphatic heterocycles. The number of nitrogens with zero attached hydrogens (tertiary/aromatic N) is 1. The van der Waals surface area contributed by atoms with Gasteiger partial charge in [0.15, 0.2) is 0 Å². The van der Waals surface area contributed by atoms with E-state index in [9.17, 15) is 8.42 Å². The van der Waals surface area contributed by atoms with E-state index in [2.05, 4.69) is 11.3 Å². The average molecular weight is 236 g/mol. The van der Waals surface area contributed by atoms with Crippen LogP contribution in [0.5, 0.6) is 0 Å². The first-order valence-corrected chi connectivity index (χ1v) is 6.11. The lowest BCUT2D eigenvalue weighted by atomic mass is 10.2. The molecule has 1 N–H and O–H groups in total. The summed E-state index contributed by atoms with van der Waals surface area (Å²) in [6, 6.07) is 6.47. The maximum absolute atomic E-state index is 11.8. The van der Waals surface area contributed by atoms with Gasteiger partial charge in [-0.2, -0.15) is 5.26 Å². The molecule has 0 amide bonds. The number of hydrogen-bond donors (Lipinski definition) is 1. The first-order chi connectivity index (χ1) is 7.51. The summed E-state index contributed by atoms with van der Waals surface area (Å²) in [5, 5.41) is 8.71. The summed E-state index contributed by atoms with van der Waals surface area (Å²) in [6.45, 7) is 5.28. The van der Waals surface area contributed by atoms with Crippen molar-refractivity contribution in [3.8, 4) is 6.07 Å². The third-order valence-electron chi connectivity index (χ3n) is 2.02. The second-order valence-corrected chi connectivity index (χ2v) is 4.97. The SMILES string of the molecule is C=CCNS(=O)(=O)c1cc(C#N)ccc1C. The Bertz CT molecular complexity index is 542. The van der Waals surface area contributed by atoms with E-state index in [-0.39, 0.29) is 11.4 Å². The first-order valence-electron chi connectivity index (χ1n) is 4.62. The number of rotatable bonds is 4. The molecule has 0 aromatic heterocycles. The Hall–Kier alpha value is -1.64. The van der Waals surface area contributed by atoms with Crippen molar-refractivity contribution in [1.29, 1.82) is 5.26 Å². The molecule has 4 nitrogen and oxygen atoms in total. The van der Waals surface area contributed by atoms with Crippen LogP contribution in [0.15, 0.2) is 35.7 Å². The summed E-state index contributed by atoms with van der Waals surface area (Å²) in [7, 11) is -3.56. The summed E-state index contributed by atoms with van der Waals surface area (Å²) < 4.78 is 26.0. The minimum Gasteiger partial charge on any atom is -0.207 e. The van der Waals surface area contributed by atoms with Gasteiger partial charge in [-0.05, 0) is 24.6 Å². The highest BCUT2D eigenvalue weighted by Crippen LogP contribution is 2.16. The zero-order valence-corrected chi connectivity index (χ0v) is 9.71. The summed E-state index contributed by atoms with van der Waals surface area (Å²) in [4.78, 5) is 0.133. The van der Waals surface area contributed by atoms with Crippen LogP contribution in [0.1, 0.15) is 11.1 Å². The highest BCUT2D eigenvalue weighted by molar-refractivity contribution is 7.89. The molecule has 0 saturated carbocycles. The Balaban J connectivity index is 3.22. The number of aryl methyl sites for hydroxylation is 1. The Morgan fingerprint density at radius 2 is 2.25 bits per heavy atom. The van der Waals surface area contributed by atoms with Crippen molar-refractivity contribution in [2.24, 2.45) is 0 Å². The van der Waals surface area contributed by atoms with Crippen LogP contribution in [0, 0.1) is 18.3 Å². The fourth-order valence-electron chi connectivity index (χ4n) is 1.21. The molecule has 0 aliphatic carbocycles. The van der Waals surface area contributed by atoms with E-state index in [1.54, 1.807) is 19.1 Å². The first kappa shape index (κ1) is 12.4. The fourth-order valence-corrected chi connectivity index (χ4v) is 2.47. The van der Waals surface area contributed by atoms with Crippen molar-refractivity contribution < 1.29 is 8.42 Å². The highest BCUT2D eigenvalue weighted by Gasteiger charge is 2.16. The second-order valence-electron chi connectivity index (χ2n) is 3.23. The van der Waals surface area contributed by atoms with Gasteiger partial charge in [0, 0.05) is 6.54 Å². The van der Waals surface area contributed by atoms with E-state index in [1.165, 1.54) is 12.1 Å². The van der Waals surface area contributed by atoms with Gasteiger partial charge in [-0.25, -0.2) is 13.1 Å². The maximum atomic E-state index is 11.8. The molecule has 0 radical (unpaired) electrons. The smallest absolute Gasteiger partial charge is 0.207 e. The maximum Gasteiger partial charge on any atom is 0.241 e. The third-order valence-corrected chi connectivity index (χ3v) is 3.59. The molecule has 16 heavy (non-hydrogen) atoms. The molecule has 0 atom stereocenters. The number of nitrogens with one attached hydrogen (secondary N) is 1. The van der Waals surface area contributed by atoms with Gasteiger partial charge in [0.25, 0.3) is 0 Å². The minimum atomic E-state index is -3.56. The monoisotopic (exact) mass is 236 g/mol. The Morgan fingerprint density at radius 1 is 1.56 bits per heavy atom. The van der Waals surface area contributed by atoms with E-state index in [0.29, 0.717) is 11.1 Å². The molecule has 0 spiro atoms. The van der Waals surface area contributed by atoms with Crippen LogP contribution in [0.3, 0.4) is 0 Å². The van der Waals surface area contributed by atoms with Crippen molar-refractivity contribution in [3.05, 3.63) is 42.0 Å². The van der Waals surface area contributed by atoms with E-state index in [4.69, 9.17) is 5.26 Å². The lowest BCUT2D eigenvalue weighted by Gasteiger charge is -2.07. The molecule has 5 heteroatoms. The van der Waals surface area contributed by atoms with Crippen molar-refractivity contribution >= 4 is 10.0 Å². The molecule has 0 saturated heterocycles. The normalized spacial score (nSPS) is 10.8. The van der Waals surface area contributed by atoms with Crippen molar-refractivity contribution in [2.45, 2.75) is 11.8 Å².